The second kappa shape index (κ2) is 8.03. The molecule has 0 atom stereocenters. The van der Waals surface area contributed by atoms with Crippen LogP contribution in [0.3, 0.4) is 0 Å². The number of aryl methyl sites for hydroxylation is 1. The van der Waals surface area contributed by atoms with Gasteiger partial charge in [-0.1, -0.05) is 28.4 Å². The van der Waals surface area contributed by atoms with Crippen molar-refractivity contribution in [1.29, 1.82) is 0 Å². The Morgan fingerprint density at radius 3 is 2.54 bits per heavy atom. The van der Waals surface area contributed by atoms with Crippen LogP contribution in [0.25, 0.3) is 0 Å². The van der Waals surface area contributed by atoms with E-state index in [1.54, 1.807) is 37.3 Å². The lowest BCUT2D eigenvalue weighted by Crippen LogP contribution is -2.21. The van der Waals surface area contributed by atoms with E-state index in [2.05, 4.69) is 26.0 Å². The lowest BCUT2D eigenvalue weighted by molar-refractivity contribution is -0.118. The highest BCUT2D eigenvalue weighted by atomic mass is 35.5. The molecule has 10 heteroatoms. The Balaban J connectivity index is 1.52. The molecule has 1 amide bonds. The van der Waals surface area contributed by atoms with Gasteiger partial charge in [0.1, 0.15) is 11.5 Å². The summed E-state index contributed by atoms with van der Waals surface area (Å²) in [5.41, 5.74) is 0. The van der Waals surface area contributed by atoms with Crippen LogP contribution < -0.4 is 15.4 Å². The minimum absolute atomic E-state index is 0.235. The maximum atomic E-state index is 11.9. The number of nitrogens with zero attached hydrogens (tertiary/aromatic N) is 3. The van der Waals surface area contributed by atoms with Crippen molar-refractivity contribution < 1.29 is 14.1 Å². The number of carbonyl (C=O) groups excluding carboxylic acids is 1. The fourth-order valence-corrected chi connectivity index (χ4v) is 2.40. The van der Waals surface area contributed by atoms with E-state index in [9.17, 15) is 4.79 Å². The highest BCUT2D eigenvalue weighted by Gasteiger charge is 2.08. The molecule has 0 radical (unpaired) electrons. The van der Waals surface area contributed by atoms with Crippen LogP contribution in [0, 0.1) is 6.92 Å². The lowest BCUT2D eigenvalue weighted by atomic mass is 10.3. The molecule has 0 fully saturated rings. The number of hydrogen-bond donors (Lipinski definition) is 2. The quantitative estimate of drug-likeness (QED) is 0.655. The standard InChI is InChI=1S/C16H13Cl2N5O3/c1-9-6-15(23-26-9)19-13-4-5-14(22-21-13)20-16(24)8-25-12-3-2-10(17)7-11(12)18/h2-7H,8H2,1H3,(H,19,21,23)(H,20,22,24). The molecule has 0 saturated heterocycles. The normalized spacial score (nSPS) is 10.4. The number of aromatic nitrogens is 3. The first-order valence-electron chi connectivity index (χ1n) is 7.41. The van der Waals surface area contributed by atoms with Gasteiger partial charge < -0.3 is 19.9 Å². The molecule has 134 valence electrons. The van der Waals surface area contributed by atoms with Crippen molar-refractivity contribution in [2.45, 2.75) is 6.92 Å². The van der Waals surface area contributed by atoms with Gasteiger partial charge in [-0.05, 0) is 37.3 Å². The molecular formula is C16H13Cl2N5O3. The van der Waals surface area contributed by atoms with Gasteiger partial charge in [0.2, 0.25) is 0 Å². The van der Waals surface area contributed by atoms with Crippen LogP contribution in [0.2, 0.25) is 10.0 Å². The number of anilines is 3. The summed E-state index contributed by atoms with van der Waals surface area (Å²) in [6, 6.07) is 9.69. The zero-order chi connectivity index (χ0) is 18.5. The average Bonchev–Trinajstić information content (AvgIpc) is 3.01. The minimum atomic E-state index is -0.404. The van der Waals surface area contributed by atoms with Crippen molar-refractivity contribution in [3.63, 3.8) is 0 Å². The number of ether oxygens (including phenoxy) is 1. The molecular weight excluding hydrogens is 381 g/mol. The monoisotopic (exact) mass is 393 g/mol. The van der Waals surface area contributed by atoms with Gasteiger partial charge in [0.05, 0.1) is 5.02 Å². The highest BCUT2D eigenvalue weighted by Crippen LogP contribution is 2.27. The predicted octanol–water partition coefficient (Wildman–Crippen LogP) is 3.84. The predicted molar refractivity (Wildman–Crippen MR) is 97.1 cm³/mol. The zero-order valence-corrected chi connectivity index (χ0v) is 15.0. The fraction of sp³-hybridized carbons (Fsp3) is 0.125. The van der Waals surface area contributed by atoms with Gasteiger partial charge in [-0.15, -0.1) is 10.2 Å². The minimum Gasteiger partial charge on any atom is -0.482 e. The number of halogens is 2. The molecule has 0 saturated carbocycles. The second-order valence-electron chi connectivity index (χ2n) is 5.16. The first-order chi connectivity index (χ1) is 12.5. The van der Waals surface area contributed by atoms with Crippen LogP contribution in [0.4, 0.5) is 17.5 Å². The van der Waals surface area contributed by atoms with Crippen molar-refractivity contribution >= 4 is 46.6 Å². The Kier molecular flexibility index (Phi) is 5.55. The van der Waals surface area contributed by atoms with Crippen LogP contribution in [0.15, 0.2) is 40.9 Å². The van der Waals surface area contributed by atoms with Gasteiger partial charge in [-0.3, -0.25) is 4.79 Å². The molecule has 1 aromatic carbocycles. The van der Waals surface area contributed by atoms with Gasteiger partial charge in [0.15, 0.2) is 24.1 Å². The summed E-state index contributed by atoms with van der Waals surface area (Å²) in [6.07, 6.45) is 0. The fourth-order valence-electron chi connectivity index (χ4n) is 1.94. The molecule has 0 aliphatic carbocycles. The van der Waals surface area contributed by atoms with Crippen molar-refractivity contribution in [3.05, 3.63) is 52.2 Å². The van der Waals surface area contributed by atoms with E-state index >= 15 is 0 Å². The smallest absolute Gasteiger partial charge is 0.263 e. The van der Waals surface area contributed by atoms with E-state index in [1.165, 1.54) is 6.07 Å². The molecule has 26 heavy (non-hydrogen) atoms. The van der Waals surface area contributed by atoms with E-state index in [-0.39, 0.29) is 12.4 Å². The summed E-state index contributed by atoms with van der Waals surface area (Å²) in [7, 11) is 0. The Bertz CT molecular complexity index is 915. The molecule has 3 aromatic rings. The third kappa shape index (κ3) is 4.84. The number of rotatable bonds is 6. The van der Waals surface area contributed by atoms with Gasteiger partial charge in [0, 0.05) is 11.1 Å². The Morgan fingerprint density at radius 1 is 1.12 bits per heavy atom. The summed E-state index contributed by atoms with van der Waals surface area (Å²) in [4.78, 5) is 11.9. The Morgan fingerprint density at radius 2 is 1.88 bits per heavy atom. The SMILES string of the molecule is Cc1cc(Nc2ccc(NC(=O)COc3ccc(Cl)cc3Cl)nn2)no1. The Hall–Kier alpha value is -2.84. The maximum absolute atomic E-state index is 11.9. The van der Waals surface area contributed by atoms with E-state index in [0.29, 0.717) is 33.2 Å². The van der Waals surface area contributed by atoms with Gasteiger partial charge in [0.25, 0.3) is 5.91 Å². The number of hydrogen-bond acceptors (Lipinski definition) is 7. The average molecular weight is 394 g/mol. The van der Waals surface area contributed by atoms with Crippen LogP contribution >= 0.6 is 23.2 Å². The van der Waals surface area contributed by atoms with Crippen LogP contribution in [-0.4, -0.2) is 27.9 Å². The second-order valence-corrected chi connectivity index (χ2v) is 6.01. The van der Waals surface area contributed by atoms with Crippen molar-refractivity contribution in [3.8, 4) is 5.75 Å². The van der Waals surface area contributed by atoms with Crippen molar-refractivity contribution in [2.75, 3.05) is 17.2 Å². The molecule has 0 aliphatic rings. The maximum Gasteiger partial charge on any atom is 0.263 e. The number of nitrogens with one attached hydrogen (secondary N) is 2. The van der Waals surface area contributed by atoms with Crippen LogP contribution in [0.1, 0.15) is 5.76 Å². The summed E-state index contributed by atoms with van der Waals surface area (Å²) in [5, 5.41) is 17.9. The first-order valence-corrected chi connectivity index (χ1v) is 8.17. The number of benzene rings is 1. The van der Waals surface area contributed by atoms with Gasteiger partial charge >= 0.3 is 0 Å². The van der Waals surface area contributed by atoms with Gasteiger partial charge in [-0.25, -0.2) is 0 Å². The number of amides is 1. The summed E-state index contributed by atoms with van der Waals surface area (Å²) in [5.74, 6) is 1.88. The van der Waals surface area contributed by atoms with Gasteiger partial charge in [-0.2, -0.15) is 0 Å². The molecule has 8 nitrogen and oxygen atoms in total. The molecule has 0 aliphatic heterocycles. The van der Waals surface area contributed by atoms with E-state index in [4.69, 9.17) is 32.5 Å². The van der Waals surface area contributed by atoms with Crippen LogP contribution in [0.5, 0.6) is 5.75 Å². The zero-order valence-electron chi connectivity index (χ0n) is 13.5. The van der Waals surface area contributed by atoms with E-state index in [1.807, 2.05) is 0 Å². The molecule has 0 spiro atoms. The molecule has 2 aromatic heterocycles. The summed E-state index contributed by atoms with van der Waals surface area (Å²) in [6.45, 7) is 1.54. The van der Waals surface area contributed by atoms with Crippen LogP contribution in [-0.2, 0) is 4.79 Å². The third-order valence-corrected chi connectivity index (χ3v) is 3.60. The summed E-state index contributed by atoms with van der Waals surface area (Å²) >= 11 is 11.8. The highest BCUT2D eigenvalue weighted by molar-refractivity contribution is 6.35. The largest absolute Gasteiger partial charge is 0.482 e. The first kappa shape index (κ1) is 18.0. The lowest BCUT2D eigenvalue weighted by Gasteiger charge is -2.08. The number of carbonyl (C=O) groups is 1. The molecule has 3 rings (SSSR count). The summed E-state index contributed by atoms with van der Waals surface area (Å²) < 4.78 is 10.3. The van der Waals surface area contributed by atoms with Crippen molar-refractivity contribution in [2.24, 2.45) is 0 Å². The Labute approximate surface area is 158 Å². The third-order valence-electron chi connectivity index (χ3n) is 3.07. The molecule has 0 bridgehead atoms. The van der Waals surface area contributed by atoms with E-state index < -0.39 is 5.91 Å². The van der Waals surface area contributed by atoms with E-state index in [0.717, 1.165) is 0 Å². The molecule has 2 heterocycles. The van der Waals surface area contributed by atoms with Crippen molar-refractivity contribution in [1.82, 2.24) is 15.4 Å². The molecule has 0 unspecified atom stereocenters. The topological polar surface area (TPSA) is 102 Å². The molecule has 2 N–H and O–H groups in total.